The highest BCUT2D eigenvalue weighted by Crippen LogP contribution is 2.33. The van der Waals surface area contributed by atoms with Crippen molar-refractivity contribution in [2.75, 3.05) is 26.3 Å². The van der Waals surface area contributed by atoms with Crippen molar-refractivity contribution < 1.29 is 14.3 Å². The van der Waals surface area contributed by atoms with Gasteiger partial charge in [-0.2, -0.15) is 0 Å². The first-order valence-electron chi connectivity index (χ1n) is 11.1. The summed E-state index contributed by atoms with van der Waals surface area (Å²) in [5, 5.41) is 3.22. The second-order valence-electron chi connectivity index (χ2n) is 8.17. The predicted octanol–water partition coefficient (Wildman–Crippen LogP) is 4.32. The van der Waals surface area contributed by atoms with Crippen molar-refractivity contribution in [3.8, 4) is 11.5 Å². The maximum absolute atomic E-state index is 12.8. The van der Waals surface area contributed by atoms with E-state index in [1.54, 1.807) is 0 Å². The molecule has 1 saturated heterocycles. The van der Waals surface area contributed by atoms with Crippen LogP contribution in [0.15, 0.2) is 18.2 Å². The topological polar surface area (TPSA) is 50.8 Å². The van der Waals surface area contributed by atoms with Crippen LogP contribution in [0.2, 0.25) is 0 Å². The summed E-state index contributed by atoms with van der Waals surface area (Å²) in [6.07, 6.45) is 6.54. The van der Waals surface area contributed by atoms with Gasteiger partial charge in [-0.1, -0.05) is 19.9 Å². The first-order valence-corrected chi connectivity index (χ1v) is 11.1. The molecule has 0 radical (unpaired) electrons. The molecule has 0 bridgehead atoms. The van der Waals surface area contributed by atoms with Gasteiger partial charge < -0.3 is 19.7 Å². The van der Waals surface area contributed by atoms with Crippen molar-refractivity contribution in [2.24, 2.45) is 5.92 Å². The van der Waals surface area contributed by atoms with Crippen LogP contribution in [-0.4, -0.2) is 43.2 Å². The zero-order chi connectivity index (χ0) is 19.9. The molecule has 1 N–H and O–H groups in total. The summed E-state index contributed by atoms with van der Waals surface area (Å²) in [4.78, 5) is 15.3. The Kier molecular flexibility index (Phi) is 7.60. The van der Waals surface area contributed by atoms with E-state index in [9.17, 15) is 4.79 Å². The number of nitrogens with one attached hydrogen (secondary N) is 1. The molecule has 156 valence electrons. The van der Waals surface area contributed by atoms with Gasteiger partial charge in [0.2, 0.25) is 5.91 Å². The maximum atomic E-state index is 12.8. The quantitative estimate of drug-likeness (QED) is 0.649. The van der Waals surface area contributed by atoms with Gasteiger partial charge in [0, 0.05) is 12.0 Å². The smallest absolute Gasteiger partial charge is 0.223 e. The minimum Gasteiger partial charge on any atom is -0.490 e. The Balaban J connectivity index is 1.57. The van der Waals surface area contributed by atoms with Gasteiger partial charge in [-0.3, -0.25) is 4.79 Å². The highest BCUT2D eigenvalue weighted by atomic mass is 16.5. The molecular formula is C23H36N2O3. The van der Waals surface area contributed by atoms with Crippen LogP contribution < -0.4 is 14.8 Å². The number of carbonyl (C=O) groups is 1. The first kappa shape index (κ1) is 21.0. The fourth-order valence-electron chi connectivity index (χ4n) is 3.83. The van der Waals surface area contributed by atoms with E-state index in [1.165, 1.54) is 12.8 Å². The van der Waals surface area contributed by atoms with Crippen LogP contribution in [0.5, 0.6) is 11.5 Å². The molecule has 2 fully saturated rings. The van der Waals surface area contributed by atoms with E-state index in [2.05, 4.69) is 24.1 Å². The largest absolute Gasteiger partial charge is 0.490 e. The van der Waals surface area contributed by atoms with Gasteiger partial charge in [-0.05, 0) is 76.2 Å². The third kappa shape index (κ3) is 5.63. The van der Waals surface area contributed by atoms with Gasteiger partial charge in [0.25, 0.3) is 0 Å². The average molecular weight is 389 g/mol. The summed E-state index contributed by atoms with van der Waals surface area (Å²) in [5.74, 6) is 1.88. The minimum absolute atomic E-state index is 0.0434. The average Bonchev–Trinajstić information content (AvgIpc) is 3.56. The lowest BCUT2D eigenvalue weighted by Crippen LogP contribution is -2.41. The number of carbonyl (C=O) groups excluding carboxylic acids is 1. The summed E-state index contributed by atoms with van der Waals surface area (Å²) in [7, 11) is 0. The molecule has 5 nitrogen and oxygen atoms in total. The normalized spacial score (nSPS) is 19.2. The Morgan fingerprint density at radius 2 is 1.71 bits per heavy atom. The molecule has 1 atom stereocenters. The van der Waals surface area contributed by atoms with Crippen LogP contribution in [0.3, 0.4) is 0 Å². The van der Waals surface area contributed by atoms with Crippen LogP contribution in [0.4, 0.5) is 0 Å². The van der Waals surface area contributed by atoms with Crippen molar-refractivity contribution in [3.05, 3.63) is 23.8 Å². The molecule has 1 aliphatic carbocycles. The van der Waals surface area contributed by atoms with Gasteiger partial charge in [-0.15, -0.1) is 0 Å². The lowest BCUT2D eigenvalue weighted by atomic mass is 9.95. The van der Waals surface area contributed by atoms with E-state index in [4.69, 9.17) is 9.47 Å². The molecule has 5 heteroatoms. The van der Waals surface area contributed by atoms with E-state index in [0.717, 1.165) is 61.9 Å². The monoisotopic (exact) mass is 388 g/mol. The van der Waals surface area contributed by atoms with Crippen LogP contribution >= 0.6 is 0 Å². The summed E-state index contributed by atoms with van der Waals surface area (Å²) >= 11 is 0. The number of ether oxygens (including phenoxy) is 2. The number of piperidine rings is 1. The van der Waals surface area contributed by atoms with Gasteiger partial charge in [0.1, 0.15) is 0 Å². The molecule has 1 aliphatic heterocycles. The maximum Gasteiger partial charge on any atom is 0.223 e. The van der Waals surface area contributed by atoms with Gasteiger partial charge in [-0.25, -0.2) is 0 Å². The van der Waals surface area contributed by atoms with Gasteiger partial charge in [0.15, 0.2) is 11.5 Å². The summed E-state index contributed by atoms with van der Waals surface area (Å²) in [6, 6.07) is 6.77. The molecule has 1 saturated carbocycles. The van der Waals surface area contributed by atoms with Crippen LogP contribution in [0, 0.1) is 5.92 Å². The third-order valence-corrected chi connectivity index (χ3v) is 5.71. The number of nitrogens with zero attached hydrogens (tertiary/aromatic N) is 1. The van der Waals surface area contributed by atoms with E-state index in [-0.39, 0.29) is 17.9 Å². The molecule has 1 unspecified atom stereocenters. The van der Waals surface area contributed by atoms with E-state index >= 15 is 0 Å². The molecule has 28 heavy (non-hydrogen) atoms. The number of likely N-dealkylation sites (tertiary alicyclic amines) is 1. The zero-order valence-corrected chi connectivity index (χ0v) is 17.7. The molecule has 1 aromatic rings. The number of amides is 1. The van der Waals surface area contributed by atoms with Crippen LogP contribution in [-0.2, 0) is 4.79 Å². The summed E-state index contributed by atoms with van der Waals surface area (Å²) in [6.45, 7) is 9.69. The molecule has 1 aromatic carbocycles. The van der Waals surface area contributed by atoms with Crippen molar-refractivity contribution in [1.82, 2.24) is 10.2 Å². The third-order valence-electron chi connectivity index (χ3n) is 5.71. The Bertz CT molecular complexity index is 637. The Labute approximate surface area is 169 Å². The highest BCUT2D eigenvalue weighted by molar-refractivity contribution is 5.79. The second kappa shape index (κ2) is 10.1. The van der Waals surface area contributed by atoms with Crippen molar-refractivity contribution in [1.29, 1.82) is 0 Å². The van der Waals surface area contributed by atoms with Crippen LogP contribution in [0.1, 0.15) is 70.9 Å². The molecule has 1 heterocycles. The van der Waals surface area contributed by atoms with E-state index in [1.807, 2.05) is 25.1 Å². The zero-order valence-electron chi connectivity index (χ0n) is 17.7. The number of rotatable bonds is 10. The van der Waals surface area contributed by atoms with Crippen LogP contribution in [0.25, 0.3) is 0 Å². The molecule has 0 aromatic heterocycles. The van der Waals surface area contributed by atoms with Crippen molar-refractivity contribution in [3.63, 3.8) is 0 Å². The summed E-state index contributed by atoms with van der Waals surface area (Å²) < 4.78 is 11.7. The van der Waals surface area contributed by atoms with Crippen molar-refractivity contribution in [2.45, 2.75) is 71.4 Å². The molecular weight excluding hydrogens is 352 g/mol. The van der Waals surface area contributed by atoms with E-state index in [0.29, 0.717) is 13.2 Å². The summed E-state index contributed by atoms with van der Waals surface area (Å²) in [5.41, 5.74) is 1.05. The fraction of sp³-hybridized carbons (Fsp3) is 0.696. The molecule has 3 rings (SSSR count). The number of benzene rings is 1. The number of hydrogen-bond donors (Lipinski definition) is 1. The van der Waals surface area contributed by atoms with Gasteiger partial charge >= 0.3 is 0 Å². The lowest BCUT2D eigenvalue weighted by molar-refractivity contribution is -0.127. The SMILES string of the molecule is CCCOc1ccc(C(C)NC(=O)C2CCN(C3CC3)CC2)cc1OCCC. The molecule has 1 amide bonds. The Morgan fingerprint density at radius 3 is 2.32 bits per heavy atom. The standard InChI is InChI=1S/C23H36N2O3/c1-4-14-27-21-9-6-19(16-22(21)28-15-5-2)17(3)24-23(26)18-10-12-25(13-11-18)20-7-8-20/h6,9,16-18,20H,4-5,7-8,10-15H2,1-3H3,(H,24,26). The molecule has 0 spiro atoms. The Hall–Kier alpha value is -1.75. The number of hydrogen-bond acceptors (Lipinski definition) is 4. The van der Waals surface area contributed by atoms with Gasteiger partial charge in [0.05, 0.1) is 19.3 Å². The Morgan fingerprint density at radius 1 is 1.07 bits per heavy atom. The highest BCUT2D eigenvalue weighted by Gasteiger charge is 2.33. The minimum atomic E-state index is -0.0434. The molecule has 2 aliphatic rings. The predicted molar refractivity (Wildman–Crippen MR) is 112 cm³/mol. The fourth-order valence-corrected chi connectivity index (χ4v) is 3.83. The second-order valence-corrected chi connectivity index (χ2v) is 8.17. The van der Waals surface area contributed by atoms with E-state index < -0.39 is 0 Å². The van der Waals surface area contributed by atoms with Crippen molar-refractivity contribution >= 4 is 5.91 Å². The first-order chi connectivity index (χ1) is 13.6. The lowest BCUT2D eigenvalue weighted by Gasteiger charge is -2.32.